The van der Waals surface area contributed by atoms with Gasteiger partial charge in [0.15, 0.2) is 0 Å². The summed E-state index contributed by atoms with van der Waals surface area (Å²) in [6, 6.07) is 0. The molecule has 0 spiro atoms. The monoisotopic (exact) mass is 180 g/mol. The van der Waals surface area contributed by atoms with Gasteiger partial charge in [0.2, 0.25) is 0 Å². The molecule has 0 bridgehead atoms. The summed E-state index contributed by atoms with van der Waals surface area (Å²) in [6.07, 6.45) is 2.90. The highest BCUT2D eigenvalue weighted by Crippen LogP contribution is 2.04. The summed E-state index contributed by atoms with van der Waals surface area (Å²) >= 11 is 10.6. The van der Waals surface area contributed by atoms with Gasteiger partial charge in [0, 0.05) is 0 Å². The van der Waals surface area contributed by atoms with Gasteiger partial charge < -0.3 is 0 Å². The summed E-state index contributed by atoms with van der Waals surface area (Å²) in [4.78, 5) is 0. The molecule has 0 heterocycles. The summed E-state index contributed by atoms with van der Waals surface area (Å²) < 4.78 is 0. The first-order valence-electron chi connectivity index (χ1n) is 3.09. The fourth-order valence-corrected chi connectivity index (χ4v) is 0.828. The fraction of sp³-hybridized carbons (Fsp3) is 0.667. The molecule has 2 N–H and O–H groups in total. The molecule has 0 aliphatic rings. The minimum Gasteiger partial charge on any atom is -0.293 e. The lowest BCUT2D eigenvalue weighted by atomic mass is 10.2. The third kappa shape index (κ3) is 7.92. The van der Waals surface area contributed by atoms with Crippen molar-refractivity contribution in [1.29, 1.82) is 10.8 Å². The summed E-state index contributed by atoms with van der Waals surface area (Å²) in [5, 5.41) is 14.1. The van der Waals surface area contributed by atoms with E-state index in [1.165, 1.54) is 0 Å². The van der Waals surface area contributed by atoms with E-state index in [1.54, 1.807) is 0 Å². The minimum atomic E-state index is 0.182. The van der Waals surface area contributed by atoms with Crippen molar-refractivity contribution in [3.63, 3.8) is 0 Å². The fourth-order valence-electron chi connectivity index (χ4n) is 0.560. The van der Waals surface area contributed by atoms with Crippen LogP contribution in [0.4, 0.5) is 0 Å². The highest BCUT2D eigenvalue weighted by molar-refractivity contribution is 6.64. The second-order valence-corrected chi connectivity index (χ2v) is 2.93. The van der Waals surface area contributed by atoms with Crippen molar-refractivity contribution in [2.45, 2.75) is 25.7 Å². The first kappa shape index (κ1) is 9.92. The second kappa shape index (κ2) is 5.69. The Kier molecular flexibility index (Phi) is 5.64. The van der Waals surface area contributed by atoms with E-state index in [0.717, 1.165) is 12.8 Å². The molecule has 0 atom stereocenters. The molecule has 0 amide bonds. The molecule has 0 aromatic heterocycles. The molecule has 0 rings (SSSR count). The molecule has 0 unspecified atom stereocenters. The maximum Gasteiger partial charge on any atom is 0.0968 e. The molecule has 0 saturated carbocycles. The Bertz CT molecular complexity index is 118. The van der Waals surface area contributed by atoms with Crippen molar-refractivity contribution < 1.29 is 0 Å². The third-order valence-electron chi connectivity index (χ3n) is 1.04. The van der Waals surface area contributed by atoms with Gasteiger partial charge in [-0.2, -0.15) is 0 Å². The Hall–Kier alpha value is -0.0800. The maximum absolute atomic E-state index is 6.86. The van der Waals surface area contributed by atoms with E-state index in [-0.39, 0.29) is 10.3 Å². The van der Waals surface area contributed by atoms with Gasteiger partial charge in [-0.15, -0.1) is 0 Å². The molecular weight excluding hydrogens is 171 g/mol. The average Bonchev–Trinajstić information content (AvgIpc) is 1.79. The van der Waals surface area contributed by atoms with Crippen LogP contribution >= 0.6 is 23.2 Å². The molecule has 0 saturated heterocycles. The average molecular weight is 181 g/mol. The molecule has 0 fully saturated rings. The Morgan fingerprint density at radius 3 is 1.40 bits per heavy atom. The van der Waals surface area contributed by atoms with Gasteiger partial charge in [0.05, 0.1) is 10.3 Å². The molecule has 0 aliphatic heterocycles. The number of hydrogen-bond donors (Lipinski definition) is 2. The largest absolute Gasteiger partial charge is 0.293 e. The van der Waals surface area contributed by atoms with Crippen molar-refractivity contribution >= 4 is 33.5 Å². The van der Waals surface area contributed by atoms with Crippen LogP contribution in [0.25, 0.3) is 0 Å². The third-order valence-corrected chi connectivity index (χ3v) is 1.42. The predicted molar refractivity (Wildman–Crippen MR) is 45.6 cm³/mol. The molecule has 0 aliphatic carbocycles. The van der Waals surface area contributed by atoms with Gasteiger partial charge in [0.1, 0.15) is 0 Å². The Balaban J connectivity index is 3.06. The van der Waals surface area contributed by atoms with E-state index in [4.69, 9.17) is 34.0 Å². The number of nitrogens with one attached hydrogen (secondary N) is 2. The van der Waals surface area contributed by atoms with Crippen LogP contribution in [0.5, 0.6) is 0 Å². The molecule has 58 valence electrons. The maximum atomic E-state index is 6.86. The highest BCUT2D eigenvalue weighted by atomic mass is 35.5. The molecule has 10 heavy (non-hydrogen) atoms. The Morgan fingerprint density at radius 2 is 1.20 bits per heavy atom. The lowest BCUT2D eigenvalue weighted by Gasteiger charge is -1.94. The second-order valence-electron chi connectivity index (χ2n) is 2.02. The van der Waals surface area contributed by atoms with Crippen LogP contribution in [0.15, 0.2) is 0 Å². The standard InChI is InChI=1S/C6H10Cl2N2/c7-5(9)3-1-2-4-6(8)10/h9-10H,1-4H2. The van der Waals surface area contributed by atoms with Crippen molar-refractivity contribution in [2.24, 2.45) is 0 Å². The van der Waals surface area contributed by atoms with Gasteiger partial charge in [-0.3, -0.25) is 10.8 Å². The predicted octanol–water partition coefficient (Wildman–Crippen LogP) is 2.98. The van der Waals surface area contributed by atoms with E-state index in [1.807, 2.05) is 0 Å². The lowest BCUT2D eigenvalue weighted by Crippen LogP contribution is -1.88. The summed E-state index contributed by atoms with van der Waals surface area (Å²) in [7, 11) is 0. The van der Waals surface area contributed by atoms with E-state index in [0.29, 0.717) is 12.8 Å². The molecular formula is C6H10Cl2N2. The van der Waals surface area contributed by atoms with Crippen LogP contribution in [-0.2, 0) is 0 Å². The van der Waals surface area contributed by atoms with Gasteiger partial charge >= 0.3 is 0 Å². The Morgan fingerprint density at radius 1 is 0.900 bits per heavy atom. The number of rotatable bonds is 5. The van der Waals surface area contributed by atoms with Gasteiger partial charge in [0.25, 0.3) is 0 Å². The molecule has 4 heteroatoms. The van der Waals surface area contributed by atoms with Crippen LogP contribution in [0, 0.1) is 10.8 Å². The van der Waals surface area contributed by atoms with E-state index in [2.05, 4.69) is 0 Å². The zero-order valence-corrected chi connectivity index (χ0v) is 7.10. The van der Waals surface area contributed by atoms with Crippen molar-refractivity contribution in [1.82, 2.24) is 0 Å². The molecule has 2 nitrogen and oxygen atoms in total. The van der Waals surface area contributed by atoms with Gasteiger partial charge in [-0.25, -0.2) is 0 Å². The van der Waals surface area contributed by atoms with Crippen LogP contribution in [0.1, 0.15) is 25.7 Å². The van der Waals surface area contributed by atoms with E-state index < -0.39 is 0 Å². The molecule has 0 aromatic carbocycles. The van der Waals surface area contributed by atoms with E-state index >= 15 is 0 Å². The van der Waals surface area contributed by atoms with Crippen LogP contribution in [-0.4, -0.2) is 10.3 Å². The van der Waals surface area contributed by atoms with Crippen LogP contribution < -0.4 is 0 Å². The summed E-state index contributed by atoms with van der Waals surface area (Å²) in [5.74, 6) is 0. The van der Waals surface area contributed by atoms with Gasteiger partial charge in [-0.05, 0) is 25.7 Å². The quantitative estimate of drug-likeness (QED) is 0.483. The van der Waals surface area contributed by atoms with Crippen molar-refractivity contribution in [3.8, 4) is 0 Å². The number of unbranched alkanes of at least 4 members (excludes halogenated alkanes) is 1. The van der Waals surface area contributed by atoms with Crippen molar-refractivity contribution in [3.05, 3.63) is 0 Å². The first-order chi connectivity index (χ1) is 4.63. The molecule has 0 radical (unpaired) electrons. The van der Waals surface area contributed by atoms with Crippen molar-refractivity contribution in [2.75, 3.05) is 0 Å². The summed E-state index contributed by atoms with van der Waals surface area (Å²) in [5.41, 5.74) is 0. The van der Waals surface area contributed by atoms with Crippen LogP contribution in [0.2, 0.25) is 0 Å². The number of halogens is 2. The first-order valence-corrected chi connectivity index (χ1v) is 3.84. The normalized spacial score (nSPS) is 9.40. The molecule has 0 aromatic rings. The zero-order valence-electron chi connectivity index (χ0n) is 5.58. The minimum absolute atomic E-state index is 0.182. The van der Waals surface area contributed by atoms with Crippen LogP contribution in [0.3, 0.4) is 0 Å². The Labute approximate surface area is 70.5 Å². The highest BCUT2D eigenvalue weighted by Gasteiger charge is 1.93. The smallest absolute Gasteiger partial charge is 0.0968 e. The topological polar surface area (TPSA) is 47.7 Å². The number of hydrogen-bond acceptors (Lipinski definition) is 2. The zero-order chi connectivity index (χ0) is 7.98. The SMILES string of the molecule is N=C(Cl)CCCCC(=N)Cl. The van der Waals surface area contributed by atoms with E-state index in [9.17, 15) is 0 Å². The summed E-state index contributed by atoms with van der Waals surface area (Å²) in [6.45, 7) is 0. The van der Waals surface area contributed by atoms with Gasteiger partial charge in [-0.1, -0.05) is 23.2 Å². The lowest BCUT2D eigenvalue weighted by molar-refractivity contribution is 0.799.